The Hall–Kier alpha value is -0.860. The Morgan fingerprint density at radius 3 is 2.65 bits per heavy atom. The van der Waals surface area contributed by atoms with E-state index in [4.69, 9.17) is 0 Å². The maximum atomic E-state index is 11.7. The van der Waals surface area contributed by atoms with Gasteiger partial charge in [-0.3, -0.25) is 4.79 Å². The number of hydrogen-bond acceptors (Lipinski definition) is 2. The lowest BCUT2D eigenvalue weighted by Gasteiger charge is -2.23. The van der Waals surface area contributed by atoms with Gasteiger partial charge >= 0.3 is 0 Å². The van der Waals surface area contributed by atoms with Crippen LogP contribution in [0.3, 0.4) is 0 Å². The van der Waals surface area contributed by atoms with E-state index in [1.54, 1.807) is 0 Å². The van der Waals surface area contributed by atoms with Crippen molar-refractivity contribution in [3.63, 3.8) is 0 Å². The molecule has 1 fully saturated rings. The minimum Gasteiger partial charge on any atom is -0.317 e. The van der Waals surface area contributed by atoms with Gasteiger partial charge in [-0.1, -0.05) is 12.1 Å². The van der Waals surface area contributed by atoms with Gasteiger partial charge in [-0.2, -0.15) is 0 Å². The van der Waals surface area contributed by atoms with E-state index in [0.29, 0.717) is 18.1 Å². The topological polar surface area (TPSA) is 29.1 Å². The van der Waals surface area contributed by atoms with Gasteiger partial charge in [0.05, 0.1) is 0 Å². The molecule has 2 nitrogen and oxygen atoms in total. The van der Waals surface area contributed by atoms with Crippen LogP contribution >= 0.6 is 12.4 Å². The first-order valence-corrected chi connectivity index (χ1v) is 6.21. The molecule has 0 bridgehead atoms. The van der Waals surface area contributed by atoms with Gasteiger partial charge in [-0.25, -0.2) is 0 Å². The molecular weight excluding hydrogens is 234 g/mol. The molecule has 1 aliphatic heterocycles. The van der Waals surface area contributed by atoms with Crippen LogP contribution in [-0.4, -0.2) is 18.9 Å². The van der Waals surface area contributed by atoms with E-state index >= 15 is 0 Å². The third-order valence-corrected chi connectivity index (χ3v) is 3.87. The number of nitrogens with one attached hydrogen (secondary N) is 1. The standard InChI is InChI=1S/C14H17NO.ClH/c16-14-4-3-11-1-2-12(9-13(11)14)10-5-7-15-8-6-10;/h1-2,9-10,15H,3-8H2;1H. The monoisotopic (exact) mass is 251 g/mol. The average Bonchev–Trinajstić information content (AvgIpc) is 2.72. The number of piperidine rings is 1. The number of hydrogen-bond donors (Lipinski definition) is 1. The number of rotatable bonds is 1. The molecule has 17 heavy (non-hydrogen) atoms. The quantitative estimate of drug-likeness (QED) is 0.832. The second kappa shape index (κ2) is 5.19. The van der Waals surface area contributed by atoms with Gasteiger partial charge in [0, 0.05) is 12.0 Å². The van der Waals surface area contributed by atoms with Gasteiger partial charge in [-0.05, 0) is 55.5 Å². The SMILES string of the molecule is Cl.O=C1CCc2ccc(C3CCNCC3)cc21. The average molecular weight is 252 g/mol. The molecule has 1 aliphatic carbocycles. The summed E-state index contributed by atoms with van der Waals surface area (Å²) in [5.41, 5.74) is 3.62. The fraction of sp³-hybridized carbons (Fsp3) is 0.500. The van der Waals surface area contributed by atoms with Crippen molar-refractivity contribution in [1.82, 2.24) is 5.32 Å². The van der Waals surface area contributed by atoms with Crippen LogP contribution in [0.1, 0.15) is 46.7 Å². The van der Waals surface area contributed by atoms with Gasteiger partial charge in [0.25, 0.3) is 0 Å². The molecule has 2 aliphatic rings. The smallest absolute Gasteiger partial charge is 0.163 e. The van der Waals surface area contributed by atoms with E-state index in [9.17, 15) is 4.79 Å². The van der Waals surface area contributed by atoms with Crippen LogP contribution in [0, 0.1) is 0 Å². The number of carbonyl (C=O) groups excluding carboxylic acids is 1. The number of carbonyl (C=O) groups is 1. The van der Waals surface area contributed by atoms with Gasteiger partial charge in [0.15, 0.2) is 5.78 Å². The van der Waals surface area contributed by atoms with Crippen molar-refractivity contribution in [2.75, 3.05) is 13.1 Å². The van der Waals surface area contributed by atoms with Crippen LogP contribution in [0.5, 0.6) is 0 Å². The summed E-state index contributed by atoms with van der Waals surface area (Å²) in [5.74, 6) is 0.991. The van der Waals surface area contributed by atoms with Crippen molar-refractivity contribution in [2.24, 2.45) is 0 Å². The van der Waals surface area contributed by atoms with Crippen molar-refractivity contribution < 1.29 is 4.79 Å². The Kier molecular flexibility index (Phi) is 3.85. The van der Waals surface area contributed by atoms with Crippen LogP contribution in [-0.2, 0) is 6.42 Å². The fourth-order valence-electron chi connectivity index (χ4n) is 2.86. The number of aryl methyl sites for hydroxylation is 1. The fourth-order valence-corrected chi connectivity index (χ4v) is 2.86. The van der Waals surface area contributed by atoms with Crippen molar-refractivity contribution in [3.8, 4) is 0 Å². The van der Waals surface area contributed by atoms with Crippen molar-refractivity contribution in [1.29, 1.82) is 0 Å². The largest absolute Gasteiger partial charge is 0.317 e. The Morgan fingerprint density at radius 2 is 1.88 bits per heavy atom. The molecule has 0 saturated carbocycles. The number of ketones is 1. The lowest BCUT2D eigenvalue weighted by atomic mass is 9.88. The van der Waals surface area contributed by atoms with Crippen molar-refractivity contribution >= 4 is 18.2 Å². The van der Waals surface area contributed by atoms with Crippen LogP contribution in [0.4, 0.5) is 0 Å². The van der Waals surface area contributed by atoms with E-state index in [1.165, 1.54) is 24.0 Å². The first kappa shape index (κ1) is 12.6. The second-order valence-electron chi connectivity index (χ2n) is 4.86. The predicted molar refractivity (Wildman–Crippen MR) is 71.2 cm³/mol. The third kappa shape index (κ3) is 2.38. The highest BCUT2D eigenvalue weighted by Gasteiger charge is 2.22. The summed E-state index contributed by atoms with van der Waals surface area (Å²) in [4.78, 5) is 11.7. The molecule has 1 N–H and O–H groups in total. The maximum absolute atomic E-state index is 11.7. The molecule has 0 unspecified atom stereocenters. The molecule has 3 heteroatoms. The maximum Gasteiger partial charge on any atom is 0.163 e. The van der Waals surface area contributed by atoms with Gasteiger partial charge in [0.2, 0.25) is 0 Å². The summed E-state index contributed by atoms with van der Waals surface area (Å²) in [6.07, 6.45) is 4.06. The van der Waals surface area contributed by atoms with Gasteiger partial charge in [-0.15, -0.1) is 12.4 Å². The summed E-state index contributed by atoms with van der Waals surface area (Å²) < 4.78 is 0. The second-order valence-corrected chi connectivity index (χ2v) is 4.86. The Balaban J connectivity index is 0.00000108. The minimum atomic E-state index is 0. The zero-order chi connectivity index (χ0) is 11.0. The highest BCUT2D eigenvalue weighted by Crippen LogP contribution is 2.30. The Morgan fingerprint density at radius 1 is 1.12 bits per heavy atom. The predicted octanol–water partition coefficient (Wildman–Crippen LogP) is 2.70. The molecule has 92 valence electrons. The molecule has 0 amide bonds. The van der Waals surface area contributed by atoms with E-state index in [0.717, 1.165) is 25.1 Å². The normalized spacial score (nSPS) is 19.9. The molecule has 0 radical (unpaired) electrons. The van der Waals surface area contributed by atoms with E-state index in [2.05, 4.69) is 23.5 Å². The first-order chi connectivity index (χ1) is 7.84. The number of fused-ring (bicyclic) bond motifs is 1. The molecular formula is C14H18ClNO. The van der Waals surface area contributed by atoms with E-state index < -0.39 is 0 Å². The molecule has 1 aromatic carbocycles. The highest BCUT2D eigenvalue weighted by molar-refractivity contribution is 6.00. The van der Waals surface area contributed by atoms with Crippen molar-refractivity contribution in [2.45, 2.75) is 31.6 Å². The van der Waals surface area contributed by atoms with E-state index in [-0.39, 0.29) is 12.4 Å². The van der Waals surface area contributed by atoms with Crippen LogP contribution in [0.2, 0.25) is 0 Å². The Labute approximate surface area is 108 Å². The van der Waals surface area contributed by atoms with Gasteiger partial charge in [0.1, 0.15) is 0 Å². The molecule has 3 rings (SSSR count). The third-order valence-electron chi connectivity index (χ3n) is 3.87. The molecule has 0 atom stereocenters. The Bertz CT molecular complexity index is 424. The van der Waals surface area contributed by atoms with Crippen LogP contribution < -0.4 is 5.32 Å². The summed E-state index contributed by atoms with van der Waals surface area (Å²) in [6, 6.07) is 6.55. The number of Topliss-reactive ketones (excluding diaryl/α,β-unsaturated/α-hetero) is 1. The van der Waals surface area contributed by atoms with Crippen molar-refractivity contribution in [3.05, 3.63) is 34.9 Å². The number of benzene rings is 1. The van der Waals surface area contributed by atoms with E-state index in [1.807, 2.05) is 0 Å². The van der Waals surface area contributed by atoms with Crippen LogP contribution in [0.15, 0.2) is 18.2 Å². The molecule has 1 aromatic rings. The zero-order valence-corrected chi connectivity index (χ0v) is 10.7. The molecule has 0 spiro atoms. The van der Waals surface area contributed by atoms with Gasteiger partial charge < -0.3 is 5.32 Å². The molecule has 1 heterocycles. The summed E-state index contributed by atoms with van der Waals surface area (Å²) in [5, 5.41) is 3.38. The summed E-state index contributed by atoms with van der Waals surface area (Å²) in [6.45, 7) is 2.21. The molecule has 0 aromatic heterocycles. The zero-order valence-electron chi connectivity index (χ0n) is 9.87. The first-order valence-electron chi connectivity index (χ1n) is 6.21. The summed E-state index contributed by atoms with van der Waals surface area (Å²) in [7, 11) is 0. The number of halogens is 1. The van der Waals surface area contributed by atoms with Crippen LogP contribution in [0.25, 0.3) is 0 Å². The minimum absolute atomic E-state index is 0. The lowest BCUT2D eigenvalue weighted by molar-refractivity contribution is 0.0994. The highest BCUT2D eigenvalue weighted by atomic mass is 35.5. The summed E-state index contributed by atoms with van der Waals surface area (Å²) >= 11 is 0. The molecule has 1 saturated heterocycles. The lowest BCUT2D eigenvalue weighted by Crippen LogP contribution is -2.26.